The summed E-state index contributed by atoms with van der Waals surface area (Å²) in [7, 11) is 1.09. The normalized spacial score (nSPS) is 17.2. The Hall–Kier alpha value is -1.45. The second-order valence-corrected chi connectivity index (χ2v) is 6.99. The highest BCUT2D eigenvalue weighted by atomic mass is 35.5. The zero-order chi connectivity index (χ0) is 18.4. The molecule has 2 N–H and O–H groups in total. The molecule has 10 heteroatoms. The maximum atomic E-state index is 12.4. The molecule has 1 atom stereocenters. The van der Waals surface area contributed by atoms with E-state index in [1.807, 2.05) is 0 Å². The summed E-state index contributed by atoms with van der Waals surface area (Å²) in [5.74, 6) is -0.151. The summed E-state index contributed by atoms with van der Waals surface area (Å²) in [6, 6.07) is 6.59. The zero-order valence-electron chi connectivity index (χ0n) is 14.1. The van der Waals surface area contributed by atoms with Gasteiger partial charge in [-0.15, -0.1) is 12.4 Å². The first kappa shape index (κ1) is 22.6. The number of rotatable bonds is 5. The molecule has 2 amide bonds. The Bertz CT molecular complexity index is 625. The van der Waals surface area contributed by atoms with Crippen molar-refractivity contribution in [3.63, 3.8) is 0 Å². The largest absolute Gasteiger partial charge is 0.471 e. The predicted molar refractivity (Wildman–Crippen MR) is 98.6 cm³/mol. The molecule has 0 radical (unpaired) electrons. The van der Waals surface area contributed by atoms with Crippen LogP contribution in [0.5, 0.6) is 0 Å². The fourth-order valence-electron chi connectivity index (χ4n) is 2.50. The van der Waals surface area contributed by atoms with Crippen molar-refractivity contribution in [3.8, 4) is 0 Å². The van der Waals surface area contributed by atoms with Crippen LogP contribution in [0.15, 0.2) is 24.3 Å². The van der Waals surface area contributed by atoms with Crippen molar-refractivity contribution in [2.24, 2.45) is 0 Å². The van der Waals surface area contributed by atoms with Crippen molar-refractivity contribution in [3.05, 3.63) is 29.8 Å². The lowest BCUT2D eigenvalue weighted by molar-refractivity contribution is -0.184. The van der Waals surface area contributed by atoms with Crippen molar-refractivity contribution in [2.45, 2.75) is 25.2 Å². The average molecular weight is 412 g/mol. The van der Waals surface area contributed by atoms with E-state index in [9.17, 15) is 22.8 Å². The van der Waals surface area contributed by atoms with Crippen LogP contribution < -0.4 is 10.6 Å². The number of halogens is 4. The molecule has 1 unspecified atom stereocenters. The van der Waals surface area contributed by atoms with Crippen LogP contribution in [0.1, 0.15) is 12.0 Å². The Morgan fingerprint density at radius 3 is 2.73 bits per heavy atom. The number of nitrogens with zero attached hydrogens (tertiary/aromatic N) is 1. The minimum absolute atomic E-state index is 0. The van der Waals surface area contributed by atoms with Crippen LogP contribution in [-0.2, 0) is 16.1 Å². The van der Waals surface area contributed by atoms with Gasteiger partial charge in [0.05, 0.1) is 0 Å². The molecular formula is C16H21ClF3N3O2S. The minimum Gasteiger partial charge on any atom is -0.334 e. The molecule has 5 nitrogen and oxygen atoms in total. The van der Waals surface area contributed by atoms with Crippen LogP contribution in [0.4, 0.5) is 18.9 Å². The van der Waals surface area contributed by atoms with Crippen LogP contribution in [0.3, 0.4) is 0 Å². The van der Waals surface area contributed by atoms with Gasteiger partial charge in [-0.05, 0) is 17.7 Å². The number of benzene rings is 1. The van der Waals surface area contributed by atoms with Gasteiger partial charge in [0.2, 0.25) is 5.91 Å². The van der Waals surface area contributed by atoms with Gasteiger partial charge in [-0.3, -0.25) is 9.59 Å². The third-order valence-corrected chi connectivity index (χ3v) is 4.78. The zero-order valence-corrected chi connectivity index (χ0v) is 15.8. The molecule has 146 valence electrons. The van der Waals surface area contributed by atoms with E-state index in [1.54, 1.807) is 36.0 Å². The Balaban J connectivity index is 0.00000338. The van der Waals surface area contributed by atoms with E-state index in [4.69, 9.17) is 0 Å². The van der Waals surface area contributed by atoms with Gasteiger partial charge in [-0.2, -0.15) is 24.9 Å². The van der Waals surface area contributed by atoms with Crippen molar-refractivity contribution in [1.82, 2.24) is 10.2 Å². The molecule has 0 bridgehead atoms. The number of carbonyl (C=O) groups is 2. The van der Waals surface area contributed by atoms with Gasteiger partial charge >= 0.3 is 12.1 Å². The molecule has 0 saturated carbocycles. The maximum absolute atomic E-state index is 12.4. The Labute approximate surface area is 160 Å². The van der Waals surface area contributed by atoms with Gasteiger partial charge in [0, 0.05) is 49.8 Å². The van der Waals surface area contributed by atoms with E-state index in [0.29, 0.717) is 22.6 Å². The summed E-state index contributed by atoms with van der Waals surface area (Å²) in [5, 5.41) is 6.02. The SMILES string of the molecule is CN(Cc1cccc(NC(=O)CC2CSCCN2)c1)C(=O)C(F)(F)F.Cl. The number of hydrogen-bond donors (Lipinski definition) is 2. The van der Waals surface area contributed by atoms with Crippen molar-refractivity contribution < 1.29 is 22.8 Å². The molecule has 1 saturated heterocycles. The summed E-state index contributed by atoms with van der Waals surface area (Å²) in [6.45, 7) is 0.681. The second kappa shape index (κ2) is 10.0. The molecule has 1 aliphatic rings. The third kappa shape index (κ3) is 7.05. The van der Waals surface area contributed by atoms with E-state index in [0.717, 1.165) is 25.1 Å². The lowest BCUT2D eigenvalue weighted by atomic mass is 10.1. The molecule has 1 heterocycles. The summed E-state index contributed by atoms with van der Waals surface area (Å²) < 4.78 is 37.3. The average Bonchev–Trinajstić information content (AvgIpc) is 2.54. The maximum Gasteiger partial charge on any atom is 0.471 e. The third-order valence-electron chi connectivity index (χ3n) is 3.65. The lowest BCUT2D eigenvalue weighted by Crippen LogP contribution is -2.39. The highest BCUT2D eigenvalue weighted by molar-refractivity contribution is 7.99. The van der Waals surface area contributed by atoms with Gasteiger partial charge in [0.25, 0.3) is 0 Å². The van der Waals surface area contributed by atoms with Gasteiger partial charge in [0.1, 0.15) is 0 Å². The number of anilines is 1. The van der Waals surface area contributed by atoms with Crippen LogP contribution >= 0.6 is 24.2 Å². The first-order valence-electron chi connectivity index (χ1n) is 7.78. The van der Waals surface area contributed by atoms with Crippen LogP contribution in [-0.4, -0.2) is 54.0 Å². The van der Waals surface area contributed by atoms with Crippen molar-refractivity contribution >= 4 is 41.7 Å². The number of nitrogens with one attached hydrogen (secondary N) is 2. The predicted octanol–water partition coefficient (Wildman–Crippen LogP) is 2.66. The Kier molecular flexibility index (Phi) is 8.72. The molecule has 26 heavy (non-hydrogen) atoms. The first-order valence-corrected chi connectivity index (χ1v) is 8.93. The van der Waals surface area contributed by atoms with Crippen LogP contribution in [0.25, 0.3) is 0 Å². The fourth-order valence-corrected chi connectivity index (χ4v) is 3.45. The summed E-state index contributed by atoms with van der Waals surface area (Å²) in [6.07, 6.45) is -4.56. The monoisotopic (exact) mass is 411 g/mol. The molecule has 2 rings (SSSR count). The first-order chi connectivity index (χ1) is 11.8. The molecule has 1 aliphatic heterocycles. The van der Waals surface area contributed by atoms with Gasteiger partial charge in [-0.25, -0.2) is 0 Å². The summed E-state index contributed by atoms with van der Waals surface area (Å²) in [5.41, 5.74) is 1.00. The number of thioether (sulfide) groups is 1. The second-order valence-electron chi connectivity index (χ2n) is 5.84. The highest BCUT2D eigenvalue weighted by Crippen LogP contribution is 2.20. The topological polar surface area (TPSA) is 61.4 Å². The number of hydrogen-bond acceptors (Lipinski definition) is 4. The molecular weight excluding hydrogens is 391 g/mol. The summed E-state index contributed by atoms with van der Waals surface area (Å²) >= 11 is 1.79. The smallest absolute Gasteiger partial charge is 0.334 e. The molecule has 1 aromatic rings. The number of amides is 2. The fraction of sp³-hybridized carbons (Fsp3) is 0.500. The van der Waals surface area contributed by atoms with Crippen LogP contribution in [0, 0.1) is 0 Å². The van der Waals surface area contributed by atoms with Crippen molar-refractivity contribution in [2.75, 3.05) is 30.4 Å². The van der Waals surface area contributed by atoms with Gasteiger partial charge in [-0.1, -0.05) is 12.1 Å². The molecule has 0 aromatic heterocycles. The number of carbonyl (C=O) groups excluding carboxylic acids is 2. The van der Waals surface area contributed by atoms with E-state index in [-0.39, 0.29) is 30.9 Å². The molecule has 1 fully saturated rings. The Morgan fingerprint density at radius 1 is 1.38 bits per heavy atom. The van der Waals surface area contributed by atoms with E-state index >= 15 is 0 Å². The van der Waals surface area contributed by atoms with Gasteiger partial charge < -0.3 is 15.5 Å². The molecule has 0 aliphatic carbocycles. The van der Waals surface area contributed by atoms with Crippen molar-refractivity contribution in [1.29, 1.82) is 0 Å². The summed E-state index contributed by atoms with van der Waals surface area (Å²) in [4.78, 5) is 23.9. The van der Waals surface area contributed by atoms with E-state index in [2.05, 4.69) is 10.6 Å². The quantitative estimate of drug-likeness (QED) is 0.782. The molecule has 0 spiro atoms. The highest BCUT2D eigenvalue weighted by Gasteiger charge is 2.41. The van der Waals surface area contributed by atoms with E-state index < -0.39 is 12.1 Å². The standard InChI is InChI=1S/C16H20F3N3O2S.ClH/c1-22(15(24)16(17,18)19)9-11-3-2-4-12(7-11)21-14(23)8-13-10-25-6-5-20-13;/h2-4,7,13,20H,5-6,8-10H2,1H3,(H,21,23);1H. The van der Waals surface area contributed by atoms with Gasteiger partial charge in [0.15, 0.2) is 0 Å². The number of alkyl halides is 3. The van der Waals surface area contributed by atoms with E-state index in [1.165, 1.54) is 0 Å². The van der Waals surface area contributed by atoms with Crippen LogP contribution in [0.2, 0.25) is 0 Å². The molecule has 1 aromatic carbocycles. The lowest BCUT2D eigenvalue weighted by Gasteiger charge is -2.22. The Morgan fingerprint density at radius 2 is 2.12 bits per heavy atom. The minimum atomic E-state index is -4.90.